The summed E-state index contributed by atoms with van der Waals surface area (Å²) in [6.45, 7) is 0.0448. The van der Waals surface area contributed by atoms with Crippen molar-refractivity contribution in [3.8, 4) is 0 Å². The molecule has 1 heterocycles. The molecule has 4 N–H and O–H groups in total. The van der Waals surface area contributed by atoms with Crippen LogP contribution in [0.5, 0.6) is 0 Å². The number of nitrogens with zero attached hydrogens (tertiary/aromatic N) is 1. The highest BCUT2D eigenvalue weighted by Gasteiger charge is 2.50. The van der Waals surface area contributed by atoms with E-state index in [1.807, 2.05) is 0 Å². The van der Waals surface area contributed by atoms with E-state index < -0.39 is 29.3 Å². The maximum Gasteiger partial charge on any atom is 0.404 e. The number of aliphatic hydroxyl groups is 1. The average Bonchev–Trinajstić information content (AvgIpc) is 2.81. The number of benzene rings is 1. The van der Waals surface area contributed by atoms with Crippen molar-refractivity contribution in [1.29, 1.82) is 0 Å². The average molecular weight is 374 g/mol. The standard InChI is InChI=1S/C15H17ClFN3O5/c16-10-5-9(6-11(17)7-10)8-19-12(21)15(25)1-3-20(13(15)22)4-2-18-14(23)24/h5-7,18,25H,1-4,8H2,(H,19,21)(H,23,24)/t15-/m0/s1. The van der Waals surface area contributed by atoms with Crippen molar-refractivity contribution >= 4 is 29.5 Å². The molecule has 0 saturated carbocycles. The summed E-state index contributed by atoms with van der Waals surface area (Å²) in [7, 11) is 0. The molecular formula is C15H17ClFN3O5. The highest BCUT2D eigenvalue weighted by atomic mass is 35.5. The highest BCUT2D eigenvalue weighted by Crippen LogP contribution is 2.23. The van der Waals surface area contributed by atoms with E-state index in [2.05, 4.69) is 10.6 Å². The third-order valence-electron chi connectivity index (χ3n) is 3.79. The summed E-state index contributed by atoms with van der Waals surface area (Å²) in [6, 6.07) is 3.75. The fourth-order valence-electron chi connectivity index (χ4n) is 2.53. The van der Waals surface area contributed by atoms with Crippen LogP contribution >= 0.6 is 11.6 Å². The molecule has 3 amide bonds. The van der Waals surface area contributed by atoms with Crippen LogP contribution in [0.4, 0.5) is 9.18 Å². The van der Waals surface area contributed by atoms with E-state index in [4.69, 9.17) is 16.7 Å². The molecular weight excluding hydrogens is 357 g/mol. The molecule has 0 aliphatic carbocycles. The lowest BCUT2D eigenvalue weighted by atomic mass is 10.0. The summed E-state index contributed by atoms with van der Waals surface area (Å²) in [5, 5.41) is 23.5. The third-order valence-corrected chi connectivity index (χ3v) is 4.01. The van der Waals surface area contributed by atoms with Crippen molar-refractivity contribution in [2.24, 2.45) is 0 Å². The van der Waals surface area contributed by atoms with Crippen molar-refractivity contribution in [3.05, 3.63) is 34.6 Å². The Labute approximate surface area is 147 Å². The van der Waals surface area contributed by atoms with E-state index in [0.717, 1.165) is 6.07 Å². The maximum absolute atomic E-state index is 13.3. The van der Waals surface area contributed by atoms with Gasteiger partial charge in [-0.15, -0.1) is 0 Å². The first-order valence-corrected chi connectivity index (χ1v) is 7.82. The van der Waals surface area contributed by atoms with Crippen LogP contribution in [0.2, 0.25) is 5.02 Å². The smallest absolute Gasteiger partial charge is 0.404 e. The lowest BCUT2D eigenvalue weighted by Gasteiger charge is -2.21. The number of carboxylic acid groups (broad SMARTS) is 1. The van der Waals surface area contributed by atoms with Crippen molar-refractivity contribution in [3.63, 3.8) is 0 Å². The second kappa shape index (κ2) is 7.66. The van der Waals surface area contributed by atoms with E-state index in [1.165, 1.54) is 17.0 Å². The summed E-state index contributed by atoms with van der Waals surface area (Å²) in [4.78, 5) is 36.0. The monoisotopic (exact) mass is 373 g/mol. The van der Waals surface area contributed by atoms with Gasteiger partial charge in [-0.05, 0) is 23.8 Å². The highest BCUT2D eigenvalue weighted by molar-refractivity contribution is 6.30. The zero-order valence-corrected chi connectivity index (χ0v) is 13.8. The molecule has 1 aliphatic heterocycles. The molecule has 1 aliphatic rings. The molecule has 25 heavy (non-hydrogen) atoms. The first-order valence-electron chi connectivity index (χ1n) is 7.44. The summed E-state index contributed by atoms with van der Waals surface area (Å²) >= 11 is 5.72. The molecule has 8 nitrogen and oxygen atoms in total. The second-order valence-electron chi connectivity index (χ2n) is 5.59. The van der Waals surface area contributed by atoms with E-state index in [1.54, 1.807) is 0 Å². The maximum atomic E-state index is 13.3. The number of likely N-dealkylation sites (tertiary alicyclic amines) is 1. The van der Waals surface area contributed by atoms with Gasteiger partial charge in [-0.3, -0.25) is 9.59 Å². The Morgan fingerprint density at radius 2 is 2.04 bits per heavy atom. The van der Waals surface area contributed by atoms with Gasteiger partial charge in [0, 0.05) is 37.6 Å². The number of carbonyl (C=O) groups excluding carboxylic acids is 2. The van der Waals surface area contributed by atoms with Gasteiger partial charge in [-0.1, -0.05) is 11.6 Å². The molecule has 0 aromatic heterocycles. The summed E-state index contributed by atoms with van der Waals surface area (Å²) < 4.78 is 13.3. The Kier molecular flexibility index (Phi) is 5.81. The fraction of sp³-hybridized carbons (Fsp3) is 0.400. The third kappa shape index (κ3) is 4.58. The van der Waals surface area contributed by atoms with Crippen LogP contribution in [0.15, 0.2) is 18.2 Å². The lowest BCUT2D eigenvalue weighted by molar-refractivity contribution is -0.154. The number of amides is 3. The normalized spacial score (nSPS) is 19.8. The van der Waals surface area contributed by atoms with Gasteiger partial charge in [0.2, 0.25) is 5.60 Å². The van der Waals surface area contributed by atoms with Crippen LogP contribution in [0.1, 0.15) is 12.0 Å². The molecule has 0 spiro atoms. The SMILES string of the molecule is O=C(O)NCCN1CC[C@](O)(C(=O)NCc2cc(F)cc(Cl)c2)C1=O. The first kappa shape index (κ1) is 18.9. The molecule has 2 rings (SSSR count). The minimum atomic E-state index is -2.22. The van der Waals surface area contributed by atoms with E-state index in [0.29, 0.717) is 5.56 Å². The van der Waals surface area contributed by atoms with Gasteiger partial charge in [0.15, 0.2) is 0 Å². The zero-order chi connectivity index (χ0) is 18.6. The summed E-state index contributed by atoms with van der Waals surface area (Å²) in [6.07, 6.45) is -1.34. The molecule has 0 unspecified atom stereocenters. The van der Waals surface area contributed by atoms with Crippen LogP contribution in [0, 0.1) is 5.82 Å². The number of hydrogen-bond donors (Lipinski definition) is 4. The molecule has 10 heteroatoms. The van der Waals surface area contributed by atoms with E-state index in [9.17, 15) is 23.9 Å². The Bertz CT molecular complexity index is 681. The summed E-state index contributed by atoms with van der Waals surface area (Å²) in [5.74, 6) is -2.26. The molecule has 1 aromatic carbocycles. The van der Waals surface area contributed by atoms with E-state index in [-0.39, 0.29) is 37.6 Å². The second-order valence-corrected chi connectivity index (χ2v) is 6.03. The van der Waals surface area contributed by atoms with Crippen LogP contribution in [-0.4, -0.2) is 58.3 Å². The van der Waals surface area contributed by atoms with Gasteiger partial charge in [0.1, 0.15) is 5.82 Å². The van der Waals surface area contributed by atoms with Gasteiger partial charge < -0.3 is 25.7 Å². The fourth-order valence-corrected chi connectivity index (χ4v) is 2.77. The van der Waals surface area contributed by atoms with Gasteiger partial charge in [0.05, 0.1) is 0 Å². The quantitative estimate of drug-likeness (QED) is 0.536. The van der Waals surface area contributed by atoms with Gasteiger partial charge >= 0.3 is 6.09 Å². The van der Waals surface area contributed by atoms with Crippen molar-refractivity contribution in [1.82, 2.24) is 15.5 Å². The molecule has 0 bridgehead atoms. The van der Waals surface area contributed by atoms with Crippen LogP contribution in [0.3, 0.4) is 0 Å². The molecule has 1 fully saturated rings. The first-order chi connectivity index (χ1) is 11.7. The number of rotatable bonds is 6. The lowest BCUT2D eigenvalue weighted by Crippen LogP contribution is -2.52. The van der Waals surface area contributed by atoms with Crippen LogP contribution in [0.25, 0.3) is 0 Å². The number of nitrogens with one attached hydrogen (secondary N) is 2. The summed E-state index contributed by atoms with van der Waals surface area (Å²) in [5.41, 5.74) is -1.84. The van der Waals surface area contributed by atoms with Crippen molar-refractivity contribution < 1.29 is 29.0 Å². The molecule has 1 atom stereocenters. The molecule has 1 aromatic rings. The predicted molar refractivity (Wildman–Crippen MR) is 85.4 cm³/mol. The molecule has 0 radical (unpaired) electrons. The van der Waals surface area contributed by atoms with Gasteiger partial charge in [-0.2, -0.15) is 0 Å². The molecule has 1 saturated heterocycles. The van der Waals surface area contributed by atoms with Gasteiger partial charge in [0.25, 0.3) is 11.8 Å². The largest absolute Gasteiger partial charge is 0.465 e. The number of halogens is 2. The minimum Gasteiger partial charge on any atom is -0.465 e. The van der Waals surface area contributed by atoms with Crippen molar-refractivity contribution in [2.45, 2.75) is 18.6 Å². The molecule has 136 valence electrons. The Hall–Kier alpha value is -2.39. The number of hydrogen-bond acceptors (Lipinski definition) is 4. The Morgan fingerprint density at radius 3 is 2.68 bits per heavy atom. The minimum absolute atomic E-state index is 0.0133. The Morgan fingerprint density at radius 1 is 1.32 bits per heavy atom. The van der Waals surface area contributed by atoms with Crippen LogP contribution in [-0.2, 0) is 16.1 Å². The predicted octanol–water partition coefficient (Wildman–Crippen LogP) is 0.326. The van der Waals surface area contributed by atoms with Gasteiger partial charge in [-0.25, -0.2) is 9.18 Å². The van der Waals surface area contributed by atoms with Crippen molar-refractivity contribution in [2.75, 3.05) is 19.6 Å². The zero-order valence-electron chi connectivity index (χ0n) is 13.1. The van der Waals surface area contributed by atoms with Crippen LogP contribution < -0.4 is 10.6 Å². The topological polar surface area (TPSA) is 119 Å². The Balaban J connectivity index is 1.94. The van der Waals surface area contributed by atoms with E-state index >= 15 is 0 Å². The number of carbonyl (C=O) groups is 3.